The summed E-state index contributed by atoms with van der Waals surface area (Å²) in [7, 11) is 0. The molecular weight excluding hydrogens is 312 g/mol. The third-order valence-corrected chi connectivity index (χ3v) is 3.32. The minimum atomic E-state index is -0.664. The minimum absolute atomic E-state index is 0.250. The molecule has 6 nitrogen and oxygen atoms in total. The van der Waals surface area contributed by atoms with Gasteiger partial charge in [0.25, 0.3) is 5.88 Å². The summed E-state index contributed by atoms with van der Waals surface area (Å²) in [4.78, 5) is 19.8. The number of halogens is 1. The second kappa shape index (κ2) is 7.24. The first-order valence-corrected chi connectivity index (χ1v) is 7.59. The number of nitrogens with zero attached hydrogens (tertiary/aromatic N) is 2. The van der Waals surface area contributed by atoms with Crippen LogP contribution in [-0.4, -0.2) is 22.6 Å². The van der Waals surface area contributed by atoms with E-state index in [9.17, 15) is 4.79 Å². The molecule has 0 aliphatic heterocycles. The van der Waals surface area contributed by atoms with Gasteiger partial charge in [0, 0.05) is 6.54 Å². The molecule has 0 bridgehead atoms. The summed E-state index contributed by atoms with van der Waals surface area (Å²) >= 11 is 7.12. The van der Waals surface area contributed by atoms with Gasteiger partial charge in [-0.25, -0.2) is 14.8 Å². The zero-order chi connectivity index (χ0) is 15.2. The van der Waals surface area contributed by atoms with E-state index in [2.05, 4.69) is 34.4 Å². The van der Waals surface area contributed by atoms with Crippen LogP contribution >= 0.6 is 22.9 Å². The number of pyridine rings is 1. The molecule has 0 saturated heterocycles. The first kappa shape index (κ1) is 15.5. The summed E-state index contributed by atoms with van der Waals surface area (Å²) in [5, 5.41) is 6.69. The highest BCUT2D eigenvalue weighted by Gasteiger charge is 2.13. The average Bonchev–Trinajstić information content (AvgIpc) is 2.83. The molecule has 2 N–H and O–H groups in total. The number of hydrogen-bond acceptors (Lipinski definition) is 6. The lowest BCUT2D eigenvalue weighted by molar-refractivity contribution is 0.214. The number of carbonyl (C=O) groups excluding carboxylic acids is 1. The van der Waals surface area contributed by atoms with Crippen molar-refractivity contribution in [3.8, 4) is 5.88 Å². The zero-order valence-electron chi connectivity index (χ0n) is 11.6. The quantitative estimate of drug-likeness (QED) is 0.816. The van der Waals surface area contributed by atoms with E-state index in [1.165, 1.54) is 11.3 Å². The third-order valence-electron chi connectivity index (χ3n) is 2.34. The number of thiazole rings is 1. The predicted octanol–water partition coefficient (Wildman–Crippen LogP) is 3.87. The third kappa shape index (κ3) is 4.87. The highest BCUT2D eigenvalue weighted by atomic mass is 35.5. The first-order chi connectivity index (χ1) is 10.0. The van der Waals surface area contributed by atoms with Crippen LogP contribution in [0.3, 0.4) is 0 Å². The van der Waals surface area contributed by atoms with Crippen molar-refractivity contribution in [3.63, 3.8) is 0 Å². The van der Waals surface area contributed by atoms with Crippen LogP contribution in [0.5, 0.6) is 5.88 Å². The van der Waals surface area contributed by atoms with E-state index in [1.807, 2.05) is 0 Å². The summed E-state index contributed by atoms with van der Waals surface area (Å²) in [6.07, 6.45) is -0.664. The van der Waals surface area contributed by atoms with E-state index in [0.29, 0.717) is 16.9 Å². The molecule has 1 amide bonds. The predicted molar refractivity (Wildman–Crippen MR) is 84.3 cm³/mol. The molecule has 0 saturated carbocycles. The van der Waals surface area contributed by atoms with Crippen LogP contribution in [0.15, 0.2) is 23.7 Å². The molecule has 2 aromatic rings. The molecule has 0 spiro atoms. The van der Waals surface area contributed by atoms with Gasteiger partial charge in [0.15, 0.2) is 5.00 Å². The van der Waals surface area contributed by atoms with Crippen molar-refractivity contribution in [1.82, 2.24) is 9.97 Å². The minimum Gasteiger partial charge on any atom is -0.388 e. The largest absolute Gasteiger partial charge is 0.419 e. The molecule has 0 fully saturated rings. The number of ether oxygens (including phenoxy) is 1. The van der Waals surface area contributed by atoms with Gasteiger partial charge in [-0.15, -0.1) is 11.3 Å². The van der Waals surface area contributed by atoms with E-state index < -0.39 is 6.09 Å². The van der Waals surface area contributed by atoms with Gasteiger partial charge in [0.2, 0.25) is 0 Å². The van der Waals surface area contributed by atoms with Gasteiger partial charge in [0.1, 0.15) is 11.0 Å². The second-order valence-corrected chi connectivity index (χ2v) is 5.86. The zero-order valence-corrected chi connectivity index (χ0v) is 13.2. The summed E-state index contributed by atoms with van der Waals surface area (Å²) in [5.41, 5.74) is 1.61. The molecule has 0 radical (unpaired) electrons. The standard InChI is InChI=1S/C13H15ClN4O2S/c1-8(2)6-15-12-11(16-7-21-12)20-13(19)18-10-5-3-4-9(14)17-10/h3-5,7-8,15H,6H2,1-2H3,(H,17,18,19). The maximum atomic E-state index is 11.8. The van der Waals surface area contributed by atoms with E-state index in [0.717, 1.165) is 11.5 Å². The van der Waals surface area contributed by atoms with Gasteiger partial charge >= 0.3 is 6.09 Å². The van der Waals surface area contributed by atoms with Crippen molar-refractivity contribution < 1.29 is 9.53 Å². The van der Waals surface area contributed by atoms with Gasteiger partial charge in [-0.3, -0.25) is 5.32 Å². The molecule has 0 aliphatic carbocycles. The monoisotopic (exact) mass is 326 g/mol. The van der Waals surface area contributed by atoms with Crippen molar-refractivity contribution in [2.45, 2.75) is 13.8 Å². The maximum Gasteiger partial charge on any atom is 0.419 e. The van der Waals surface area contributed by atoms with Crippen molar-refractivity contribution in [3.05, 3.63) is 28.9 Å². The Bertz CT molecular complexity index is 618. The lowest BCUT2D eigenvalue weighted by Crippen LogP contribution is -2.18. The van der Waals surface area contributed by atoms with Gasteiger partial charge in [-0.1, -0.05) is 31.5 Å². The highest BCUT2D eigenvalue weighted by Crippen LogP contribution is 2.28. The van der Waals surface area contributed by atoms with Crippen molar-refractivity contribution in [2.24, 2.45) is 5.92 Å². The molecule has 21 heavy (non-hydrogen) atoms. The van der Waals surface area contributed by atoms with Crippen molar-refractivity contribution >= 4 is 39.8 Å². The van der Waals surface area contributed by atoms with Crippen LogP contribution in [-0.2, 0) is 0 Å². The van der Waals surface area contributed by atoms with Crippen LogP contribution in [0.4, 0.5) is 15.6 Å². The summed E-state index contributed by atoms with van der Waals surface area (Å²) in [6.45, 7) is 4.95. The highest BCUT2D eigenvalue weighted by molar-refractivity contribution is 7.14. The van der Waals surface area contributed by atoms with Crippen LogP contribution in [0.2, 0.25) is 5.15 Å². The maximum absolute atomic E-state index is 11.8. The number of nitrogens with one attached hydrogen (secondary N) is 2. The molecule has 2 rings (SSSR count). The van der Waals surface area contributed by atoms with Crippen LogP contribution in [0.1, 0.15) is 13.8 Å². The Morgan fingerprint density at radius 3 is 3.00 bits per heavy atom. The Morgan fingerprint density at radius 2 is 2.29 bits per heavy atom. The average molecular weight is 327 g/mol. The Balaban J connectivity index is 1.95. The molecule has 2 aromatic heterocycles. The summed E-state index contributed by atoms with van der Waals surface area (Å²) in [6, 6.07) is 4.92. The van der Waals surface area contributed by atoms with Gasteiger partial charge in [-0.05, 0) is 18.1 Å². The molecule has 8 heteroatoms. The number of amides is 1. The molecule has 0 aliphatic rings. The van der Waals surface area contributed by atoms with Gasteiger partial charge in [-0.2, -0.15) is 0 Å². The van der Waals surface area contributed by atoms with Crippen LogP contribution in [0.25, 0.3) is 0 Å². The molecule has 0 atom stereocenters. The summed E-state index contributed by atoms with van der Waals surface area (Å²) < 4.78 is 5.17. The SMILES string of the molecule is CC(C)CNc1scnc1OC(=O)Nc1cccc(Cl)n1. The Labute approximate surface area is 131 Å². The number of hydrogen-bond donors (Lipinski definition) is 2. The normalized spacial score (nSPS) is 10.5. The molecular formula is C13H15ClN4O2S. The number of carbonyl (C=O) groups is 1. The Hall–Kier alpha value is -1.86. The lowest BCUT2D eigenvalue weighted by Gasteiger charge is -2.09. The molecule has 112 valence electrons. The molecule has 0 aromatic carbocycles. The number of rotatable bonds is 5. The van der Waals surface area contributed by atoms with E-state index >= 15 is 0 Å². The van der Waals surface area contributed by atoms with Crippen LogP contribution < -0.4 is 15.4 Å². The Morgan fingerprint density at radius 1 is 1.48 bits per heavy atom. The summed E-state index contributed by atoms with van der Waals surface area (Å²) in [5.74, 6) is 1.05. The van der Waals surface area contributed by atoms with Gasteiger partial charge < -0.3 is 10.1 Å². The van der Waals surface area contributed by atoms with Gasteiger partial charge in [0.05, 0.1) is 5.51 Å². The van der Waals surface area contributed by atoms with Crippen LogP contribution in [0, 0.1) is 5.92 Å². The fourth-order valence-electron chi connectivity index (χ4n) is 1.42. The second-order valence-electron chi connectivity index (χ2n) is 4.62. The van der Waals surface area contributed by atoms with Crippen molar-refractivity contribution in [1.29, 1.82) is 0 Å². The van der Waals surface area contributed by atoms with E-state index in [-0.39, 0.29) is 5.88 Å². The molecule has 0 unspecified atom stereocenters. The number of anilines is 2. The first-order valence-electron chi connectivity index (χ1n) is 6.33. The lowest BCUT2D eigenvalue weighted by atomic mass is 10.2. The topological polar surface area (TPSA) is 76.1 Å². The Kier molecular flexibility index (Phi) is 5.35. The number of aromatic nitrogens is 2. The fourth-order valence-corrected chi connectivity index (χ4v) is 2.20. The molecule has 2 heterocycles. The van der Waals surface area contributed by atoms with E-state index in [4.69, 9.17) is 16.3 Å². The van der Waals surface area contributed by atoms with Crippen molar-refractivity contribution in [2.75, 3.05) is 17.2 Å². The smallest absolute Gasteiger partial charge is 0.388 e. The van der Waals surface area contributed by atoms with E-state index in [1.54, 1.807) is 23.7 Å². The fraction of sp³-hybridized carbons (Fsp3) is 0.308.